The fourth-order valence-electron chi connectivity index (χ4n) is 3.27. The van der Waals surface area contributed by atoms with Crippen LogP contribution in [0.3, 0.4) is 0 Å². The zero-order chi connectivity index (χ0) is 26.7. The zero-order valence-electron chi connectivity index (χ0n) is 18.6. The molecule has 1 fully saturated rings. The van der Waals surface area contributed by atoms with E-state index in [1.165, 1.54) is 6.08 Å². The van der Waals surface area contributed by atoms with Gasteiger partial charge in [-0.05, 0) is 81.3 Å². The molecule has 1 aliphatic rings. The van der Waals surface area contributed by atoms with Crippen LogP contribution in [0.2, 0.25) is 20.1 Å². The highest BCUT2D eigenvalue weighted by molar-refractivity contribution is 9.10. The minimum Gasteiger partial charge on any atom is -0.486 e. The van der Waals surface area contributed by atoms with Crippen LogP contribution in [0.4, 0.5) is 10.5 Å². The molecule has 0 spiro atoms. The number of amides is 3. The molecule has 0 radical (unpaired) electrons. The number of hydrogen-bond acceptors (Lipinski definition) is 5. The number of imide groups is 1. The molecule has 37 heavy (non-hydrogen) atoms. The normalized spacial score (nSPS) is 14.4. The Hall–Kier alpha value is -2.20. The maximum Gasteiger partial charge on any atom is 0.294 e. The number of nitrogens with one attached hydrogen (secondary N) is 1. The van der Waals surface area contributed by atoms with E-state index in [0.29, 0.717) is 41.6 Å². The second-order valence-corrected chi connectivity index (χ2v) is 11.1. The van der Waals surface area contributed by atoms with Gasteiger partial charge in [0, 0.05) is 0 Å². The summed E-state index contributed by atoms with van der Waals surface area (Å²) in [5.41, 5.74) is 1.75. The lowest BCUT2D eigenvalue weighted by atomic mass is 10.2. The van der Waals surface area contributed by atoms with Gasteiger partial charge >= 0.3 is 0 Å². The number of carbonyl (C=O) groups excluding carboxylic acids is 3. The quantitative estimate of drug-likeness (QED) is 0.258. The second kappa shape index (κ2) is 12.1. The Morgan fingerprint density at radius 2 is 1.73 bits per heavy atom. The smallest absolute Gasteiger partial charge is 0.294 e. The molecule has 0 atom stereocenters. The van der Waals surface area contributed by atoms with E-state index in [-0.39, 0.29) is 11.5 Å². The topological polar surface area (TPSA) is 75.7 Å². The molecule has 3 amide bonds. The minimum atomic E-state index is -0.587. The predicted molar refractivity (Wildman–Crippen MR) is 153 cm³/mol. The number of halogens is 5. The number of nitrogens with zero attached hydrogens (tertiary/aromatic N) is 1. The van der Waals surface area contributed by atoms with Crippen molar-refractivity contribution in [1.29, 1.82) is 0 Å². The van der Waals surface area contributed by atoms with Gasteiger partial charge in [0.25, 0.3) is 11.1 Å². The highest BCUT2D eigenvalue weighted by Crippen LogP contribution is 2.38. The molecule has 1 saturated heterocycles. The summed E-state index contributed by atoms with van der Waals surface area (Å²) < 4.78 is 6.39. The van der Waals surface area contributed by atoms with E-state index in [1.54, 1.807) is 54.6 Å². The van der Waals surface area contributed by atoms with E-state index in [0.717, 1.165) is 22.2 Å². The molecule has 12 heteroatoms. The van der Waals surface area contributed by atoms with Gasteiger partial charge in [-0.2, -0.15) is 0 Å². The van der Waals surface area contributed by atoms with E-state index in [1.807, 2.05) is 0 Å². The minimum absolute atomic E-state index is 0.156. The van der Waals surface area contributed by atoms with E-state index < -0.39 is 23.6 Å². The third kappa shape index (κ3) is 6.82. The maximum absolute atomic E-state index is 12.8. The Kier molecular flexibility index (Phi) is 9.11. The summed E-state index contributed by atoms with van der Waals surface area (Å²) in [5.74, 6) is -0.739. The summed E-state index contributed by atoms with van der Waals surface area (Å²) in [6.45, 7) is -0.247. The maximum atomic E-state index is 12.8. The van der Waals surface area contributed by atoms with Gasteiger partial charge in [0.1, 0.15) is 13.2 Å². The summed E-state index contributed by atoms with van der Waals surface area (Å²) >= 11 is 28.6. The summed E-state index contributed by atoms with van der Waals surface area (Å²) in [4.78, 5) is 38.7. The molecule has 0 aliphatic carbocycles. The number of carbonyl (C=O) groups is 3. The van der Waals surface area contributed by atoms with Crippen LogP contribution in [0.25, 0.3) is 6.08 Å². The third-order valence-electron chi connectivity index (χ3n) is 5.01. The Balaban J connectivity index is 1.44. The Morgan fingerprint density at radius 3 is 2.43 bits per heavy atom. The number of thioether (sulfide) groups is 1. The first-order valence-corrected chi connectivity index (χ1v) is 13.6. The number of rotatable bonds is 7. The lowest BCUT2D eigenvalue weighted by molar-refractivity contribution is -0.127. The third-order valence-corrected chi connectivity index (χ3v) is 7.85. The molecule has 1 aliphatic heterocycles. The predicted octanol–water partition coefficient (Wildman–Crippen LogP) is 8.32. The van der Waals surface area contributed by atoms with Crippen molar-refractivity contribution in [3.8, 4) is 5.75 Å². The Labute approximate surface area is 245 Å². The highest BCUT2D eigenvalue weighted by atomic mass is 79.9. The van der Waals surface area contributed by atoms with Crippen LogP contribution in [0, 0.1) is 0 Å². The number of para-hydroxylation sites is 1. The molecule has 3 aromatic rings. The second-order valence-electron chi connectivity index (χ2n) is 7.65. The fourth-order valence-corrected chi connectivity index (χ4v) is 5.60. The first kappa shape index (κ1) is 27.8. The first-order chi connectivity index (χ1) is 17.6. The van der Waals surface area contributed by atoms with E-state index in [9.17, 15) is 14.4 Å². The van der Waals surface area contributed by atoms with Crippen molar-refractivity contribution in [3.63, 3.8) is 0 Å². The van der Waals surface area contributed by atoms with Crippen LogP contribution >= 0.6 is 74.1 Å². The van der Waals surface area contributed by atoms with Gasteiger partial charge in [-0.1, -0.05) is 64.6 Å². The lowest BCUT2D eigenvalue weighted by Crippen LogP contribution is -2.36. The van der Waals surface area contributed by atoms with Gasteiger partial charge in [0.15, 0.2) is 5.75 Å². The van der Waals surface area contributed by atoms with Gasteiger partial charge in [-0.15, -0.1) is 0 Å². The van der Waals surface area contributed by atoms with Crippen LogP contribution in [0.5, 0.6) is 5.75 Å². The van der Waals surface area contributed by atoms with E-state index in [4.69, 9.17) is 51.1 Å². The largest absolute Gasteiger partial charge is 0.486 e. The van der Waals surface area contributed by atoms with E-state index in [2.05, 4.69) is 21.2 Å². The van der Waals surface area contributed by atoms with Crippen LogP contribution in [-0.4, -0.2) is 28.5 Å². The fraction of sp³-hybridized carbons (Fsp3) is 0.0800. The molecule has 6 nitrogen and oxygen atoms in total. The van der Waals surface area contributed by atoms with Crippen molar-refractivity contribution in [2.75, 3.05) is 11.9 Å². The van der Waals surface area contributed by atoms with Crippen LogP contribution < -0.4 is 10.1 Å². The average Bonchev–Trinajstić information content (AvgIpc) is 3.09. The van der Waals surface area contributed by atoms with Crippen LogP contribution in [-0.2, 0) is 16.2 Å². The van der Waals surface area contributed by atoms with Crippen molar-refractivity contribution in [3.05, 3.63) is 95.2 Å². The summed E-state index contributed by atoms with van der Waals surface area (Å²) in [6, 6.07) is 15.1. The van der Waals surface area contributed by atoms with Gasteiger partial charge in [0.05, 0.1) is 35.2 Å². The number of ether oxygens (including phenoxy) is 1. The molecule has 190 valence electrons. The summed E-state index contributed by atoms with van der Waals surface area (Å²) in [5, 5.41) is 3.53. The Morgan fingerprint density at radius 1 is 0.973 bits per heavy atom. The average molecular weight is 661 g/mol. The molecular weight excluding hydrogens is 646 g/mol. The standard InChI is InChI=1S/C25H15BrCl4N2O4S/c26-15-7-14(9-19(30)23(15)36-12-13-5-6-16(27)18(29)8-13)10-21-24(34)32(25(35)37-21)11-22(33)31-20-4-2-1-3-17(20)28/h1-10H,11-12H2,(H,31,33)/b21-10+. The molecule has 0 unspecified atom stereocenters. The highest BCUT2D eigenvalue weighted by Gasteiger charge is 2.36. The number of anilines is 1. The monoisotopic (exact) mass is 658 g/mol. The molecule has 4 rings (SSSR count). The molecule has 1 N–H and O–H groups in total. The molecular formula is C25H15BrCl4N2O4S. The van der Waals surface area contributed by atoms with Gasteiger partial charge in [-0.3, -0.25) is 19.3 Å². The van der Waals surface area contributed by atoms with Crippen molar-refractivity contribution in [2.24, 2.45) is 0 Å². The van der Waals surface area contributed by atoms with Crippen molar-refractivity contribution >= 4 is 103 Å². The summed E-state index contributed by atoms with van der Waals surface area (Å²) in [6.07, 6.45) is 1.52. The summed E-state index contributed by atoms with van der Waals surface area (Å²) in [7, 11) is 0. The molecule has 0 bridgehead atoms. The molecule has 0 aromatic heterocycles. The lowest BCUT2D eigenvalue weighted by Gasteiger charge is -2.13. The van der Waals surface area contributed by atoms with Crippen molar-refractivity contribution in [1.82, 2.24) is 4.90 Å². The van der Waals surface area contributed by atoms with Crippen molar-refractivity contribution in [2.45, 2.75) is 6.61 Å². The molecule has 1 heterocycles. The first-order valence-electron chi connectivity index (χ1n) is 10.5. The molecule has 3 aromatic carbocycles. The Bertz CT molecular complexity index is 1430. The number of benzene rings is 3. The number of hydrogen-bond donors (Lipinski definition) is 1. The van der Waals surface area contributed by atoms with Crippen LogP contribution in [0.15, 0.2) is 64.0 Å². The molecule has 0 saturated carbocycles. The van der Waals surface area contributed by atoms with E-state index >= 15 is 0 Å². The van der Waals surface area contributed by atoms with Gasteiger partial charge in [0.2, 0.25) is 5.91 Å². The van der Waals surface area contributed by atoms with Crippen molar-refractivity contribution < 1.29 is 19.1 Å². The van der Waals surface area contributed by atoms with Crippen LogP contribution in [0.1, 0.15) is 11.1 Å². The SMILES string of the molecule is O=C(CN1C(=O)S/C(=C/c2cc(Cl)c(OCc3ccc(Cl)c(Cl)c3)c(Br)c2)C1=O)Nc1ccccc1Cl. The van der Waals surface area contributed by atoms with Gasteiger partial charge < -0.3 is 10.1 Å². The van der Waals surface area contributed by atoms with Gasteiger partial charge in [-0.25, -0.2) is 0 Å². The zero-order valence-corrected chi connectivity index (χ0v) is 24.0.